The van der Waals surface area contributed by atoms with Gasteiger partial charge in [0.1, 0.15) is 23.6 Å². The number of rotatable bonds is 8. The third kappa shape index (κ3) is 6.88. The molecular formula is C38H39ClFN9O3. The van der Waals surface area contributed by atoms with Gasteiger partial charge < -0.3 is 19.1 Å². The molecule has 0 saturated carbocycles. The minimum atomic E-state index is -0.564. The summed E-state index contributed by atoms with van der Waals surface area (Å²) in [6.45, 7) is 7.78. The van der Waals surface area contributed by atoms with Crippen LogP contribution in [0.1, 0.15) is 51.2 Å². The average molecular weight is 724 g/mol. The van der Waals surface area contributed by atoms with E-state index in [-0.39, 0.29) is 28.7 Å². The van der Waals surface area contributed by atoms with E-state index >= 15 is 4.39 Å². The molecule has 0 aliphatic carbocycles. The second-order valence-corrected chi connectivity index (χ2v) is 13.5. The summed E-state index contributed by atoms with van der Waals surface area (Å²) >= 11 is 6.62. The Balaban J connectivity index is 0.00000136. The number of nitriles is 1. The lowest BCUT2D eigenvalue weighted by atomic mass is 9.95. The van der Waals surface area contributed by atoms with Crippen molar-refractivity contribution in [3.63, 3.8) is 0 Å². The maximum atomic E-state index is 16.8. The van der Waals surface area contributed by atoms with Crippen LogP contribution < -0.4 is 9.64 Å². The molecule has 3 fully saturated rings. The smallest absolute Gasteiger partial charge is 0.319 e. The molecule has 3 aromatic heterocycles. The van der Waals surface area contributed by atoms with Crippen molar-refractivity contribution in [2.24, 2.45) is 0 Å². The topological polar surface area (TPSA) is 137 Å². The molecule has 0 bridgehead atoms. The van der Waals surface area contributed by atoms with Crippen LogP contribution in [0.3, 0.4) is 0 Å². The van der Waals surface area contributed by atoms with E-state index in [1.807, 2.05) is 42.2 Å². The number of pyridine rings is 1. The number of benzene rings is 2. The molecule has 3 saturated heterocycles. The van der Waals surface area contributed by atoms with Gasteiger partial charge in [-0.25, -0.2) is 4.39 Å². The molecular weight excluding hydrogens is 685 g/mol. The lowest BCUT2D eigenvalue weighted by Crippen LogP contribution is -2.48. The van der Waals surface area contributed by atoms with E-state index in [2.05, 4.69) is 25.0 Å². The second-order valence-electron chi connectivity index (χ2n) is 13.1. The normalized spacial score (nSPS) is 17.0. The van der Waals surface area contributed by atoms with Gasteiger partial charge >= 0.3 is 6.01 Å². The molecule has 0 N–H and O–H groups in total. The van der Waals surface area contributed by atoms with Gasteiger partial charge in [-0.05, 0) is 50.2 Å². The zero-order valence-electron chi connectivity index (χ0n) is 29.2. The zero-order chi connectivity index (χ0) is 36.2. The first-order valence-electron chi connectivity index (χ1n) is 17.6. The lowest BCUT2D eigenvalue weighted by molar-refractivity contribution is -0.126. The Morgan fingerprint density at radius 2 is 1.81 bits per heavy atom. The summed E-state index contributed by atoms with van der Waals surface area (Å²) in [5.41, 5.74) is 0.850. The van der Waals surface area contributed by atoms with Gasteiger partial charge in [-0.15, -0.1) is 0 Å². The maximum Gasteiger partial charge on any atom is 0.319 e. The third-order valence-electron chi connectivity index (χ3n) is 10.1. The Morgan fingerprint density at radius 3 is 2.52 bits per heavy atom. The minimum Gasteiger partial charge on any atom is -0.461 e. The van der Waals surface area contributed by atoms with Crippen molar-refractivity contribution in [3.05, 3.63) is 71.2 Å². The fourth-order valence-electron chi connectivity index (χ4n) is 7.53. The Hall–Kier alpha value is -5.19. The minimum absolute atomic E-state index is 0.0288. The summed E-state index contributed by atoms with van der Waals surface area (Å²) < 4.78 is 28.3. The molecule has 0 spiro atoms. The number of anilines is 1. The predicted octanol–water partition coefficient (Wildman–Crippen LogP) is 6.48. The van der Waals surface area contributed by atoms with E-state index in [0.29, 0.717) is 72.7 Å². The van der Waals surface area contributed by atoms with Crippen LogP contribution in [0.15, 0.2) is 53.2 Å². The summed E-state index contributed by atoms with van der Waals surface area (Å²) in [7, 11) is 0. The van der Waals surface area contributed by atoms with E-state index in [4.69, 9.17) is 31.1 Å². The number of piperazine rings is 1. The molecule has 6 heterocycles. The fraction of sp³-hybridized carbons (Fsp3) is 0.395. The number of aromatic nitrogens is 5. The van der Waals surface area contributed by atoms with Crippen molar-refractivity contribution in [2.45, 2.75) is 51.5 Å². The molecule has 52 heavy (non-hydrogen) atoms. The fourth-order valence-corrected chi connectivity index (χ4v) is 7.82. The van der Waals surface area contributed by atoms with E-state index < -0.39 is 5.82 Å². The van der Waals surface area contributed by atoms with Crippen LogP contribution in [-0.2, 0) is 11.2 Å². The van der Waals surface area contributed by atoms with Gasteiger partial charge in [0, 0.05) is 73.8 Å². The van der Waals surface area contributed by atoms with Crippen molar-refractivity contribution in [3.8, 4) is 23.3 Å². The number of halogens is 2. The summed E-state index contributed by atoms with van der Waals surface area (Å²) in [6.07, 6.45) is 9.66. The van der Waals surface area contributed by atoms with E-state index in [9.17, 15) is 4.79 Å². The first-order chi connectivity index (χ1) is 25.3. The molecule has 5 aromatic rings. The molecule has 0 atom stereocenters. The Morgan fingerprint density at radius 1 is 1.08 bits per heavy atom. The van der Waals surface area contributed by atoms with Crippen LogP contribution in [0, 0.1) is 17.1 Å². The molecule has 14 heteroatoms. The van der Waals surface area contributed by atoms with Crippen molar-refractivity contribution < 1.29 is 18.4 Å². The number of carbonyl (C=O) groups excluding carboxylic acids is 1. The van der Waals surface area contributed by atoms with Crippen LogP contribution in [0.25, 0.3) is 39.0 Å². The number of hydrogen-bond acceptors (Lipinski definition) is 11. The number of nitrogens with zero attached hydrogens (tertiary/aromatic N) is 9. The van der Waals surface area contributed by atoms with Gasteiger partial charge in [-0.2, -0.15) is 20.2 Å². The summed E-state index contributed by atoms with van der Waals surface area (Å²) in [5.74, 6) is 0.688. The first kappa shape index (κ1) is 35.2. The highest BCUT2D eigenvalue weighted by molar-refractivity contribution is 6.36. The second kappa shape index (κ2) is 15.2. The predicted molar refractivity (Wildman–Crippen MR) is 196 cm³/mol. The number of amides is 1. The van der Waals surface area contributed by atoms with Gasteiger partial charge in [0.25, 0.3) is 5.89 Å². The summed E-state index contributed by atoms with van der Waals surface area (Å²) in [4.78, 5) is 37.7. The van der Waals surface area contributed by atoms with Gasteiger partial charge in [0.05, 0.1) is 17.0 Å². The quantitative estimate of drug-likeness (QED) is 0.163. The molecule has 1 amide bonds. The summed E-state index contributed by atoms with van der Waals surface area (Å²) in [6, 6.07) is 13.1. The third-order valence-corrected chi connectivity index (χ3v) is 10.4. The largest absolute Gasteiger partial charge is 0.461 e. The molecule has 268 valence electrons. The number of hydrogen-bond donors (Lipinski definition) is 0. The molecule has 8 rings (SSSR count). The SMILES string of the molecule is CC#N.CCc1noc(/C=C/C(=O)N2CCN(c3nc(OCC45CCCN4CCC5)nc4c(F)c(-c5cccc6cccc(Cl)c56)ncc34)CC2)n1. The Bertz CT molecular complexity index is 2160. The van der Waals surface area contributed by atoms with Gasteiger partial charge in [0.2, 0.25) is 5.91 Å². The number of aryl methyl sites for hydroxylation is 1. The van der Waals surface area contributed by atoms with Gasteiger partial charge in [0.15, 0.2) is 11.6 Å². The summed E-state index contributed by atoms with van der Waals surface area (Å²) in [5, 5.41) is 13.8. The van der Waals surface area contributed by atoms with Crippen molar-refractivity contribution >= 4 is 51.1 Å². The highest BCUT2D eigenvalue weighted by Crippen LogP contribution is 2.40. The number of carbonyl (C=O) groups is 1. The highest BCUT2D eigenvalue weighted by atomic mass is 35.5. The van der Waals surface area contributed by atoms with E-state index in [0.717, 1.165) is 49.5 Å². The van der Waals surface area contributed by atoms with Gasteiger partial charge in [-0.1, -0.05) is 54.0 Å². The van der Waals surface area contributed by atoms with Crippen LogP contribution >= 0.6 is 11.6 Å². The zero-order valence-corrected chi connectivity index (χ0v) is 29.9. The van der Waals surface area contributed by atoms with Crippen molar-refractivity contribution in [1.29, 1.82) is 5.26 Å². The molecule has 0 unspecified atom stereocenters. The molecule has 3 aliphatic rings. The number of ether oxygens (including phenoxy) is 1. The standard InChI is InChI=1S/C36H36ClFN8O3.C2H3N/c1-2-27-40-28(49-43-27)11-12-29(47)44-17-19-45(20-18-44)34-25-21-39-32(24-9-3-7-23-8-4-10-26(37)30(23)24)31(38)33(25)41-35(42-34)48-22-36-13-5-15-46(36)16-6-14-36;1-2-3/h3-4,7-12,21H,2,5-6,13-20,22H2,1H3;1H3/b12-11+;. The van der Waals surface area contributed by atoms with E-state index in [1.54, 1.807) is 23.2 Å². The first-order valence-corrected chi connectivity index (χ1v) is 18.0. The maximum absolute atomic E-state index is 16.8. The lowest BCUT2D eigenvalue weighted by Gasteiger charge is -2.35. The average Bonchev–Trinajstić information content (AvgIpc) is 3.90. The van der Waals surface area contributed by atoms with Crippen LogP contribution in [0.2, 0.25) is 5.02 Å². The van der Waals surface area contributed by atoms with Crippen LogP contribution in [-0.4, -0.2) is 92.2 Å². The van der Waals surface area contributed by atoms with Crippen LogP contribution in [0.4, 0.5) is 10.2 Å². The van der Waals surface area contributed by atoms with Crippen molar-refractivity contribution in [2.75, 3.05) is 50.8 Å². The van der Waals surface area contributed by atoms with Crippen LogP contribution in [0.5, 0.6) is 6.01 Å². The Kier molecular flexibility index (Phi) is 10.3. The highest BCUT2D eigenvalue weighted by Gasteiger charge is 2.45. The molecule has 12 nitrogen and oxygen atoms in total. The monoisotopic (exact) mass is 723 g/mol. The molecule has 3 aliphatic heterocycles. The van der Waals surface area contributed by atoms with Crippen molar-refractivity contribution in [1.82, 2.24) is 34.9 Å². The molecule has 2 aromatic carbocycles. The van der Waals surface area contributed by atoms with Gasteiger partial charge in [-0.3, -0.25) is 14.7 Å². The van der Waals surface area contributed by atoms with E-state index in [1.165, 1.54) is 19.1 Å². The Labute approximate surface area is 305 Å². The number of fused-ring (bicyclic) bond motifs is 3. The molecule has 0 radical (unpaired) electrons.